The number of thioether (sulfide) groups is 1. The van der Waals surface area contributed by atoms with Gasteiger partial charge in [-0.2, -0.15) is 11.8 Å². The highest BCUT2D eigenvalue weighted by Crippen LogP contribution is 2.25. The minimum atomic E-state index is 0.854. The van der Waals surface area contributed by atoms with Gasteiger partial charge in [-0.05, 0) is 43.1 Å². The number of rotatable bonds is 5. The van der Waals surface area contributed by atoms with Crippen molar-refractivity contribution in [1.82, 2.24) is 0 Å². The van der Waals surface area contributed by atoms with E-state index in [-0.39, 0.29) is 0 Å². The summed E-state index contributed by atoms with van der Waals surface area (Å²) in [4.78, 5) is 0. The predicted octanol–water partition coefficient (Wildman–Crippen LogP) is 3.07. The van der Waals surface area contributed by atoms with E-state index in [2.05, 4.69) is 18.3 Å². The Labute approximate surface area is 79.6 Å². The fraction of sp³-hybridized carbons (Fsp3) is 0.800. The molecule has 0 bridgehead atoms. The number of ether oxygens (including phenoxy) is 1. The molecule has 0 aliphatic carbocycles. The van der Waals surface area contributed by atoms with Crippen molar-refractivity contribution in [3.63, 3.8) is 0 Å². The topological polar surface area (TPSA) is 9.23 Å². The molecule has 0 unspecified atom stereocenters. The predicted molar refractivity (Wildman–Crippen MR) is 55.4 cm³/mol. The normalized spacial score (nSPS) is 19.0. The van der Waals surface area contributed by atoms with Crippen LogP contribution >= 0.6 is 11.8 Å². The molecular formula is C10H18OS. The van der Waals surface area contributed by atoms with Crippen LogP contribution in [-0.4, -0.2) is 18.1 Å². The van der Waals surface area contributed by atoms with Gasteiger partial charge in [0, 0.05) is 0 Å². The summed E-state index contributed by atoms with van der Waals surface area (Å²) in [5.41, 5.74) is 0. The van der Waals surface area contributed by atoms with Crippen molar-refractivity contribution in [2.24, 2.45) is 5.92 Å². The Hall–Kier alpha value is -0.110. The van der Waals surface area contributed by atoms with Gasteiger partial charge >= 0.3 is 0 Å². The summed E-state index contributed by atoms with van der Waals surface area (Å²) in [6.07, 6.45) is 6.91. The van der Waals surface area contributed by atoms with E-state index >= 15 is 0 Å². The van der Waals surface area contributed by atoms with Crippen LogP contribution in [0.3, 0.4) is 0 Å². The lowest BCUT2D eigenvalue weighted by Gasteiger charge is -2.20. The van der Waals surface area contributed by atoms with E-state index in [1.165, 1.54) is 43.5 Å². The molecule has 1 rings (SSSR count). The maximum absolute atomic E-state index is 5.08. The first-order chi connectivity index (χ1) is 5.93. The van der Waals surface area contributed by atoms with Crippen LogP contribution in [0.2, 0.25) is 0 Å². The van der Waals surface area contributed by atoms with Crippen molar-refractivity contribution in [2.75, 3.05) is 18.1 Å². The fourth-order valence-electron chi connectivity index (χ4n) is 1.57. The maximum atomic E-state index is 5.08. The largest absolute Gasteiger partial charge is 0.502 e. The molecule has 0 amide bonds. The molecule has 1 heterocycles. The zero-order chi connectivity index (χ0) is 8.65. The maximum Gasteiger partial charge on any atom is 0.0873 e. The van der Waals surface area contributed by atoms with Gasteiger partial charge in [-0.1, -0.05) is 6.58 Å². The molecule has 1 aliphatic rings. The van der Waals surface area contributed by atoms with E-state index in [1.807, 2.05) is 0 Å². The number of hydrogen-bond acceptors (Lipinski definition) is 2. The molecule has 1 fully saturated rings. The first-order valence-electron chi connectivity index (χ1n) is 4.73. The lowest BCUT2D eigenvalue weighted by atomic mass is 9.97. The summed E-state index contributed by atoms with van der Waals surface area (Å²) in [6, 6.07) is 0. The van der Waals surface area contributed by atoms with E-state index in [1.54, 1.807) is 0 Å². The summed E-state index contributed by atoms with van der Waals surface area (Å²) in [6.45, 7) is 4.37. The van der Waals surface area contributed by atoms with Crippen LogP contribution in [0.25, 0.3) is 0 Å². The highest BCUT2D eigenvalue weighted by molar-refractivity contribution is 7.99. The quantitative estimate of drug-likeness (QED) is 0.482. The van der Waals surface area contributed by atoms with E-state index in [0.717, 1.165) is 12.5 Å². The van der Waals surface area contributed by atoms with Crippen molar-refractivity contribution < 1.29 is 4.74 Å². The Morgan fingerprint density at radius 1 is 1.42 bits per heavy atom. The molecule has 70 valence electrons. The highest BCUT2D eigenvalue weighted by Gasteiger charge is 2.12. The first kappa shape index (κ1) is 9.97. The van der Waals surface area contributed by atoms with Gasteiger partial charge < -0.3 is 4.74 Å². The van der Waals surface area contributed by atoms with E-state index in [0.29, 0.717) is 0 Å². The average Bonchev–Trinajstić information content (AvgIpc) is 2.14. The summed E-state index contributed by atoms with van der Waals surface area (Å²) in [5.74, 6) is 3.71. The lowest BCUT2D eigenvalue weighted by Crippen LogP contribution is -2.10. The third-order valence-electron chi connectivity index (χ3n) is 2.33. The minimum Gasteiger partial charge on any atom is -0.502 e. The summed E-state index contributed by atoms with van der Waals surface area (Å²) < 4.78 is 5.08. The SMILES string of the molecule is C=COCCCC1CCSCC1. The van der Waals surface area contributed by atoms with Crippen molar-refractivity contribution in [3.05, 3.63) is 12.8 Å². The zero-order valence-corrected chi connectivity index (χ0v) is 8.44. The molecule has 0 atom stereocenters. The molecular weight excluding hydrogens is 168 g/mol. The third kappa shape index (κ3) is 4.05. The van der Waals surface area contributed by atoms with Crippen LogP contribution in [0.5, 0.6) is 0 Å². The Morgan fingerprint density at radius 3 is 2.83 bits per heavy atom. The van der Waals surface area contributed by atoms with Gasteiger partial charge in [-0.3, -0.25) is 0 Å². The highest BCUT2D eigenvalue weighted by atomic mass is 32.2. The Balaban J connectivity index is 1.94. The van der Waals surface area contributed by atoms with Crippen LogP contribution in [0, 0.1) is 5.92 Å². The molecule has 0 aromatic carbocycles. The lowest BCUT2D eigenvalue weighted by molar-refractivity contribution is 0.232. The van der Waals surface area contributed by atoms with E-state index in [4.69, 9.17) is 4.74 Å². The second-order valence-electron chi connectivity index (χ2n) is 3.24. The molecule has 1 aliphatic heterocycles. The Morgan fingerprint density at radius 2 is 2.17 bits per heavy atom. The van der Waals surface area contributed by atoms with Gasteiger partial charge in [0.15, 0.2) is 0 Å². The molecule has 12 heavy (non-hydrogen) atoms. The van der Waals surface area contributed by atoms with Gasteiger partial charge in [0.1, 0.15) is 0 Å². The molecule has 0 radical (unpaired) electrons. The monoisotopic (exact) mass is 186 g/mol. The van der Waals surface area contributed by atoms with Crippen molar-refractivity contribution >= 4 is 11.8 Å². The molecule has 0 spiro atoms. The molecule has 1 saturated heterocycles. The molecule has 0 saturated carbocycles. The van der Waals surface area contributed by atoms with Gasteiger partial charge in [0.05, 0.1) is 12.9 Å². The summed E-state index contributed by atoms with van der Waals surface area (Å²) in [7, 11) is 0. The minimum absolute atomic E-state index is 0.854. The van der Waals surface area contributed by atoms with Crippen LogP contribution in [0.15, 0.2) is 12.8 Å². The second kappa shape index (κ2) is 6.41. The van der Waals surface area contributed by atoms with Gasteiger partial charge in [0.25, 0.3) is 0 Å². The first-order valence-corrected chi connectivity index (χ1v) is 5.89. The molecule has 1 nitrogen and oxygen atoms in total. The second-order valence-corrected chi connectivity index (χ2v) is 4.46. The van der Waals surface area contributed by atoms with Crippen molar-refractivity contribution in [3.8, 4) is 0 Å². The van der Waals surface area contributed by atoms with Crippen LogP contribution in [-0.2, 0) is 4.74 Å². The van der Waals surface area contributed by atoms with Crippen LogP contribution in [0.1, 0.15) is 25.7 Å². The Kier molecular flexibility index (Phi) is 5.33. The van der Waals surface area contributed by atoms with Crippen molar-refractivity contribution in [2.45, 2.75) is 25.7 Å². The van der Waals surface area contributed by atoms with E-state index in [9.17, 15) is 0 Å². The molecule has 2 heteroatoms. The zero-order valence-electron chi connectivity index (χ0n) is 7.63. The summed E-state index contributed by atoms with van der Waals surface area (Å²) >= 11 is 2.09. The molecule has 0 aromatic rings. The fourth-order valence-corrected chi connectivity index (χ4v) is 2.78. The van der Waals surface area contributed by atoms with E-state index < -0.39 is 0 Å². The Bertz CT molecular complexity index is 119. The third-order valence-corrected chi connectivity index (χ3v) is 3.38. The molecule has 0 aromatic heterocycles. The standard InChI is InChI=1S/C10H18OS/c1-2-11-7-3-4-10-5-8-12-9-6-10/h2,10H,1,3-9H2. The number of hydrogen-bond donors (Lipinski definition) is 0. The summed E-state index contributed by atoms with van der Waals surface area (Å²) in [5, 5.41) is 0. The van der Waals surface area contributed by atoms with Crippen LogP contribution < -0.4 is 0 Å². The van der Waals surface area contributed by atoms with Crippen molar-refractivity contribution in [1.29, 1.82) is 0 Å². The smallest absolute Gasteiger partial charge is 0.0873 e. The van der Waals surface area contributed by atoms with Gasteiger partial charge in [-0.15, -0.1) is 0 Å². The van der Waals surface area contributed by atoms with Crippen LogP contribution in [0.4, 0.5) is 0 Å². The molecule has 0 N–H and O–H groups in total. The van der Waals surface area contributed by atoms with Gasteiger partial charge in [0.2, 0.25) is 0 Å². The average molecular weight is 186 g/mol. The van der Waals surface area contributed by atoms with Gasteiger partial charge in [-0.25, -0.2) is 0 Å².